The molecule has 0 aliphatic rings. The van der Waals surface area contributed by atoms with Crippen LogP contribution in [0.25, 0.3) is 0 Å². The number of benzene rings is 1. The summed E-state index contributed by atoms with van der Waals surface area (Å²) in [6.07, 6.45) is 9.75. The molecule has 0 unspecified atom stereocenters. The molecular weight excluding hydrogens is 206 g/mol. The van der Waals surface area contributed by atoms with Crippen molar-refractivity contribution in [1.82, 2.24) is 0 Å². The van der Waals surface area contributed by atoms with Gasteiger partial charge in [-0.1, -0.05) is 61.7 Å². The Balaban J connectivity index is 2.68. The average molecular weight is 225 g/mol. The van der Waals surface area contributed by atoms with E-state index in [1.807, 2.05) is 43.4 Å². The van der Waals surface area contributed by atoms with Crippen LogP contribution in [0, 0.1) is 0 Å². The van der Waals surface area contributed by atoms with Gasteiger partial charge in [-0.25, -0.2) is 0 Å². The first kappa shape index (κ1) is 13.0. The van der Waals surface area contributed by atoms with Crippen molar-refractivity contribution in [2.75, 3.05) is 11.4 Å². The summed E-state index contributed by atoms with van der Waals surface area (Å²) in [7, 11) is 0. The minimum Gasteiger partial charge on any atom is -0.342 e. The standard InChI is InChI=1S/C16H19N/c1-4-5-6-7-11-14-17(15(2)3)16-12-9-8-10-13-16/h4-13H,1-2,14H2,3H3/b6-5-,11-7-. The maximum atomic E-state index is 4.00. The Kier molecular flexibility index (Phi) is 5.59. The highest BCUT2D eigenvalue weighted by Crippen LogP contribution is 2.17. The largest absolute Gasteiger partial charge is 0.342 e. The fraction of sp³-hybridized carbons (Fsp3) is 0.125. The van der Waals surface area contributed by atoms with Crippen molar-refractivity contribution in [1.29, 1.82) is 0 Å². The summed E-state index contributed by atoms with van der Waals surface area (Å²) in [4.78, 5) is 2.16. The molecule has 0 aliphatic carbocycles. The zero-order valence-corrected chi connectivity index (χ0v) is 10.3. The van der Waals surface area contributed by atoms with Crippen molar-refractivity contribution in [3.05, 3.63) is 79.6 Å². The minimum atomic E-state index is 0.820. The number of hydrogen-bond acceptors (Lipinski definition) is 1. The minimum absolute atomic E-state index is 0.820. The van der Waals surface area contributed by atoms with Gasteiger partial charge in [0.15, 0.2) is 0 Å². The number of rotatable bonds is 6. The molecular formula is C16H19N. The molecule has 1 rings (SSSR count). The van der Waals surface area contributed by atoms with E-state index in [0.717, 1.165) is 17.9 Å². The lowest BCUT2D eigenvalue weighted by Crippen LogP contribution is -2.19. The predicted octanol–water partition coefficient (Wildman–Crippen LogP) is 4.33. The highest BCUT2D eigenvalue weighted by molar-refractivity contribution is 5.51. The smallest absolute Gasteiger partial charge is 0.0411 e. The average Bonchev–Trinajstić information content (AvgIpc) is 2.34. The van der Waals surface area contributed by atoms with Gasteiger partial charge in [0.05, 0.1) is 0 Å². The highest BCUT2D eigenvalue weighted by atomic mass is 15.1. The van der Waals surface area contributed by atoms with Gasteiger partial charge in [0.25, 0.3) is 0 Å². The Morgan fingerprint density at radius 3 is 2.47 bits per heavy atom. The summed E-state index contributed by atoms with van der Waals surface area (Å²) in [5, 5.41) is 0. The van der Waals surface area contributed by atoms with Gasteiger partial charge in [0.1, 0.15) is 0 Å². The third kappa shape index (κ3) is 4.56. The Hall–Kier alpha value is -2.02. The van der Waals surface area contributed by atoms with Gasteiger partial charge in [-0.15, -0.1) is 0 Å². The second-order valence-corrected chi connectivity index (χ2v) is 3.73. The quantitative estimate of drug-likeness (QED) is 0.651. The van der Waals surface area contributed by atoms with Gasteiger partial charge in [-0.3, -0.25) is 0 Å². The fourth-order valence-electron chi connectivity index (χ4n) is 1.48. The lowest BCUT2D eigenvalue weighted by molar-refractivity contribution is 1.01. The molecule has 0 atom stereocenters. The molecule has 0 heterocycles. The number of para-hydroxylation sites is 1. The summed E-state index contributed by atoms with van der Waals surface area (Å²) in [5.74, 6) is 0. The van der Waals surface area contributed by atoms with Crippen LogP contribution in [0.3, 0.4) is 0 Å². The first-order chi connectivity index (χ1) is 8.25. The van der Waals surface area contributed by atoms with E-state index >= 15 is 0 Å². The number of anilines is 1. The van der Waals surface area contributed by atoms with Crippen LogP contribution >= 0.6 is 0 Å². The molecule has 0 N–H and O–H groups in total. The summed E-state index contributed by atoms with van der Waals surface area (Å²) in [6.45, 7) is 10.5. The molecule has 0 saturated carbocycles. The Bertz CT molecular complexity index is 412. The van der Waals surface area contributed by atoms with E-state index in [9.17, 15) is 0 Å². The van der Waals surface area contributed by atoms with Crippen molar-refractivity contribution in [2.45, 2.75) is 6.92 Å². The third-order valence-corrected chi connectivity index (χ3v) is 2.31. The van der Waals surface area contributed by atoms with Gasteiger partial charge in [0.2, 0.25) is 0 Å². The molecule has 1 nitrogen and oxygen atoms in total. The van der Waals surface area contributed by atoms with Crippen LogP contribution in [0.15, 0.2) is 79.6 Å². The summed E-state index contributed by atoms with van der Waals surface area (Å²) in [5.41, 5.74) is 2.20. The molecule has 0 amide bonds. The number of nitrogens with zero attached hydrogens (tertiary/aromatic N) is 1. The molecule has 1 aromatic carbocycles. The van der Waals surface area contributed by atoms with Crippen LogP contribution in [0.1, 0.15) is 6.92 Å². The zero-order chi connectivity index (χ0) is 12.5. The second kappa shape index (κ2) is 7.29. The van der Waals surface area contributed by atoms with Crippen molar-refractivity contribution >= 4 is 5.69 Å². The molecule has 88 valence electrons. The lowest BCUT2D eigenvalue weighted by atomic mass is 10.2. The molecule has 0 aromatic heterocycles. The second-order valence-electron chi connectivity index (χ2n) is 3.73. The normalized spacial score (nSPS) is 10.9. The first-order valence-corrected chi connectivity index (χ1v) is 5.68. The summed E-state index contributed by atoms with van der Waals surface area (Å²) in [6, 6.07) is 10.3. The van der Waals surface area contributed by atoms with Crippen LogP contribution in [-0.4, -0.2) is 6.54 Å². The molecule has 17 heavy (non-hydrogen) atoms. The molecule has 0 aliphatic heterocycles. The maximum absolute atomic E-state index is 4.00. The van der Waals surface area contributed by atoms with Crippen LogP contribution in [0.2, 0.25) is 0 Å². The topological polar surface area (TPSA) is 3.24 Å². The Morgan fingerprint density at radius 2 is 1.88 bits per heavy atom. The van der Waals surface area contributed by atoms with Crippen LogP contribution in [0.5, 0.6) is 0 Å². The van der Waals surface area contributed by atoms with Crippen LogP contribution in [-0.2, 0) is 0 Å². The van der Waals surface area contributed by atoms with E-state index in [4.69, 9.17) is 0 Å². The van der Waals surface area contributed by atoms with E-state index in [2.05, 4.69) is 36.3 Å². The lowest BCUT2D eigenvalue weighted by Gasteiger charge is -2.23. The van der Waals surface area contributed by atoms with Gasteiger partial charge in [-0.2, -0.15) is 0 Å². The highest BCUT2D eigenvalue weighted by Gasteiger charge is 2.03. The summed E-state index contributed by atoms with van der Waals surface area (Å²) >= 11 is 0. The van der Waals surface area contributed by atoms with Gasteiger partial charge < -0.3 is 4.90 Å². The van der Waals surface area contributed by atoms with E-state index in [-0.39, 0.29) is 0 Å². The SMILES string of the molecule is C=C/C=C\C=C/CN(C(=C)C)c1ccccc1. The van der Waals surface area contributed by atoms with Gasteiger partial charge in [-0.05, 0) is 19.1 Å². The van der Waals surface area contributed by atoms with E-state index < -0.39 is 0 Å². The molecule has 1 heteroatoms. The third-order valence-electron chi connectivity index (χ3n) is 2.31. The van der Waals surface area contributed by atoms with Gasteiger partial charge in [0, 0.05) is 17.9 Å². The maximum Gasteiger partial charge on any atom is 0.0411 e. The zero-order valence-electron chi connectivity index (χ0n) is 10.3. The summed E-state index contributed by atoms with van der Waals surface area (Å²) < 4.78 is 0. The van der Waals surface area contributed by atoms with Crippen LogP contribution in [0.4, 0.5) is 5.69 Å². The van der Waals surface area contributed by atoms with Crippen molar-refractivity contribution in [3.63, 3.8) is 0 Å². The van der Waals surface area contributed by atoms with E-state index in [0.29, 0.717) is 0 Å². The molecule has 0 saturated heterocycles. The first-order valence-electron chi connectivity index (χ1n) is 5.68. The molecule has 0 bridgehead atoms. The Labute approximate surface area is 104 Å². The number of hydrogen-bond donors (Lipinski definition) is 0. The van der Waals surface area contributed by atoms with Crippen molar-refractivity contribution < 1.29 is 0 Å². The van der Waals surface area contributed by atoms with E-state index in [1.165, 1.54) is 0 Å². The van der Waals surface area contributed by atoms with Crippen molar-refractivity contribution in [2.24, 2.45) is 0 Å². The van der Waals surface area contributed by atoms with Gasteiger partial charge >= 0.3 is 0 Å². The fourth-order valence-corrected chi connectivity index (χ4v) is 1.48. The molecule has 0 fully saturated rings. The van der Waals surface area contributed by atoms with Crippen LogP contribution < -0.4 is 4.90 Å². The predicted molar refractivity (Wildman–Crippen MR) is 77.1 cm³/mol. The molecule has 0 radical (unpaired) electrons. The monoisotopic (exact) mass is 225 g/mol. The van der Waals surface area contributed by atoms with Crippen molar-refractivity contribution in [3.8, 4) is 0 Å². The number of allylic oxidation sites excluding steroid dienone is 5. The Morgan fingerprint density at radius 1 is 1.18 bits per heavy atom. The van der Waals surface area contributed by atoms with E-state index in [1.54, 1.807) is 6.08 Å². The molecule has 0 spiro atoms. The molecule has 1 aromatic rings.